The van der Waals surface area contributed by atoms with E-state index in [1.807, 2.05) is 0 Å². The summed E-state index contributed by atoms with van der Waals surface area (Å²) in [6.45, 7) is 0. The van der Waals surface area contributed by atoms with Gasteiger partial charge < -0.3 is 10.2 Å². The zero-order valence-corrected chi connectivity index (χ0v) is 9.49. The molecule has 2 aromatic heterocycles. The first-order valence-electron chi connectivity index (χ1n) is 2.36. The molecule has 0 radical (unpaired) electrons. The molecule has 0 aromatic carbocycles. The Morgan fingerprint density at radius 1 is 1.36 bits per heavy atom. The van der Waals surface area contributed by atoms with Crippen LogP contribution in [0.2, 0.25) is 0 Å². The second-order valence-electron chi connectivity index (χ2n) is 1.52. The van der Waals surface area contributed by atoms with E-state index in [4.69, 9.17) is 0 Å². The van der Waals surface area contributed by atoms with Crippen molar-refractivity contribution in [3.8, 4) is 0 Å². The van der Waals surface area contributed by atoms with Gasteiger partial charge in [0.05, 0.1) is 4.83 Å². The molecule has 2 rings (SSSR count). The van der Waals surface area contributed by atoms with Crippen LogP contribution in [0.5, 0.6) is 0 Å². The second kappa shape index (κ2) is 3.78. The smallest absolute Gasteiger partial charge is 0.336 e. The van der Waals surface area contributed by atoms with Crippen LogP contribution in [-0.2, 0) is 0 Å². The van der Waals surface area contributed by atoms with E-state index in [-0.39, 0.29) is 56.9 Å². The molecule has 0 bridgehead atoms. The molecule has 0 atom stereocenters. The summed E-state index contributed by atoms with van der Waals surface area (Å²) in [6, 6.07) is 0. The molecule has 0 amide bonds. The van der Waals surface area contributed by atoms with Crippen molar-refractivity contribution in [1.82, 2.24) is 25.0 Å². The predicted molar refractivity (Wildman–Crippen MR) is 32.6 cm³/mol. The molecule has 0 saturated heterocycles. The number of fused-ring (bicyclic) bond motifs is 1. The SMILES string of the molecule is O=c1[n-]nnc2snnc12.[K+]. The maximum atomic E-state index is 10.7. The first kappa shape index (κ1) is 9.36. The van der Waals surface area contributed by atoms with Crippen molar-refractivity contribution < 1.29 is 51.4 Å². The minimum atomic E-state index is -0.473. The van der Waals surface area contributed by atoms with Crippen LogP contribution < -0.4 is 62.0 Å². The van der Waals surface area contributed by atoms with Crippen molar-refractivity contribution in [3.05, 3.63) is 10.4 Å². The third-order valence-electron chi connectivity index (χ3n) is 0.944. The van der Waals surface area contributed by atoms with Gasteiger partial charge in [-0.3, -0.25) is 10.0 Å². The topological polar surface area (TPSA) is 82.7 Å². The monoisotopic (exact) mass is 193 g/mol. The van der Waals surface area contributed by atoms with Crippen LogP contribution in [-0.4, -0.2) is 19.9 Å². The molecule has 2 aromatic rings. The van der Waals surface area contributed by atoms with E-state index < -0.39 is 5.56 Å². The van der Waals surface area contributed by atoms with Gasteiger partial charge in [0, 0.05) is 0 Å². The Morgan fingerprint density at radius 3 is 2.91 bits per heavy atom. The van der Waals surface area contributed by atoms with Gasteiger partial charge in [-0.05, 0) is 11.5 Å². The van der Waals surface area contributed by atoms with Crippen molar-refractivity contribution in [2.24, 2.45) is 0 Å². The van der Waals surface area contributed by atoms with Gasteiger partial charge in [-0.25, -0.2) is 0 Å². The number of nitrogens with zero attached hydrogens (tertiary/aromatic N) is 5. The summed E-state index contributed by atoms with van der Waals surface area (Å²) in [4.78, 5) is 11.2. The fourth-order valence-electron chi connectivity index (χ4n) is 0.537. The van der Waals surface area contributed by atoms with Crippen LogP contribution >= 0.6 is 11.5 Å². The maximum absolute atomic E-state index is 10.7. The normalized spacial score (nSPS) is 9.45. The minimum Gasteiger partial charge on any atom is -0.336 e. The molecule has 0 fully saturated rings. The fraction of sp³-hybridized carbons (Fsp3) is 0. The molecule has 0 spiro atoms. The minimum absolute atomic E-state index is 0. The van der Waals surface area contributed by atoms with E-state index in [0.717, 1.165) is 11.5 Å². The molecule has 2 heterocycles. The van der Waals surface area contributed by atoms with Gasteiger partial charge in [0.1, 0.15) is 5.52 Å². The zero-order chi connectivity index (χ0) is 6.97. The van der Waals surface area contributed by atoms with Gasteiger partial charge in [-0.1, -0.05) is 4.49 Å². The van der Waals surface area contributed by atoms with Crippen molar-refractivity contribution in [3.63, 3.8) is 0 Å². The standard InChI is InChI=1S/C3HN5OS.K/c9-2-1-3(6-7-5-2)10-8-4-1;/h(H,5,6,8,9);/q;+1/p-1. The Kier molecular flexibility index (Phi) is 3.22. The van der Waals surface area contributed by atoms with Gasteiger partial charge in [0.25, 0.3) is 0 Å². The van der Waals surface area contributed by atoms with Crippen LogP contribution in [0.25, 0.3) is 10.3 Å². The van der Waals surface area contributed by atoms with Gasteiger partial charge >= 0.3 is 51.4 Å². The molecular formula is C3KN5OS. The number of hydrogen-bond acceptors (Lipinski definition) is 6. The van der Waals surface area contributed by atoms with E-state index in [9.17, 15) is 4.79 Å². The average molecular weight is 193 g/mol. The molecule has 0 aliphatic heterocycles. The Balaban J connectivity index is 0.000000605. The molecule has 50 valence electrons. The van der Waals surface area contributed by atoms with Gasteiger partial charge in [0.2, 0.25) is 5.56 Å². The first-order chi connectivity index (χ1) is 4.88. The van der Waals surface area contributed by atoms with Crippen molar-refractivity contribution in [1.29, 1.82) is 0 Å². The van der Waals surface area contributed by atoms with Crippen LogP contribution in [0.4, 0.5) is 0 Å². The Bertz CT molecular complexity index is 409. The van der Waals surface area contributed by atoms with Gasteiger partial charge in [-0.2, -0.15) is 0 Å². The predicted octanol–water partition coefficient (Wildman–Crippen LogP) is -4.20. The summed E-state index contributed by atoms with van der Waals surface area (Å²) < 4.78 is 3.51. The van der Waals surface area contributed by atoms with Crippen molar-refractivity contribution in [2.45, 2.75) is 0 Å². The zero-order valence-electron chi connectivity index (χ0n) is 5.55. The molecular weight excluding hydrogens is 193 g/mol. The maximum Gasteiger partial charge on any atom is 1.00 e. The summed E-state index contributed by atoms with van der Waals surface area (Å²) in [5.41, 5.74) is -0.279. The third-order valence-corrected chi connectivity index (χ3v) is 1.56. The van der Waals surface area contributed by atoms with E-state index >= 15 is 0 Å². The average Bonchev–Trinajstić information content (AvgIpc) is 2.36. The summed E-state index contributed by atoms with van der Waals surface area (Å²) in [6.07, 6.45) is 0. The summed E-state index contributed by atoms with van der Waals surface area (Å²) in [5, 5.41) is 13.4. The van der Waals surface area contributed by atoms with E-state index in [1.54, 1.807) is 0 Å². The van der Waals surface area contributed by atoms with Gasteiger partial charge in [0.15, 0.2) is 0 Å². The van der Waals surface area contributed by atoms with Crippen molar-refractivity contribution in [2.75, 3.05) is 0 Å². The van der Waals surface area contributed by atoms with Crippen LogP contribution in [0.15, 0.2) is 4.79 Å². The van der Waals surface area contributed by atoms with Crippen molar-refractivity contribution >= 4 is 21.9 Å². The van der Waals surface area contributed by atoms with Crippen LogP contribution in [0.3, 0.4) is 0 Å². The largest absolute Gasteiger partial charge is 1.00 e. The quantitative estimate of drug-likeness (QED) is 0.395. The molecule has 0 aliphatic carbocycles. The molecule has 6 nitrogen and oxygen atoms in total. The first-order valence-corrected chi connectivity index (χ1v) is 3.14. The van der Waals surface area contributed by atoms with Gasteiger partial charge in [-0.15, -0.1) is 5.10 Å². The summed E-state index contributed by atoms with van der Waals surface area (Å²) in [5.74, 6) is 0. The Morgan fingerprint density at radius 2 is 2.18 bits per heavy atom. The Hall–Kier alpha value is 0.266. The summed E-state index contributed by atoms with van der Waals surface area (Å²) >= 11 is 1.03. The number of aromatic nitrogens is 5. The van der Waals surface area contributed by atoms with E-state index in [2.05, 4.69) is 25.0 Å². The molecule has 8 heteroatoms. The molecule has 11 heavy (non-hydrogen) atoms. The van der Waals surface area contributed by atoms with E-state index in [0.29, 0.717) is 4.83 Å². The van der Waals surface area contributed by atoms with E-state index in [1.165, 1.54) is 0 Å². The number of hydrogen-bond donors (Lipinski definition) is 0. The molecule has 0 saturated carbocycles. The number of rotatable bonds is 0. The van der Waals surface area contributed by atoms with Crippen LogP contribution in [0, 0.1) is 0 Å². The van der Waals surface area contributed by atoms with Crippen LogP contribution in [0.1, 0.15) is 0 Å². The summed E-state index contributed by atoms with van der Waals surface area (Å²) in [7, 11) is 0. The Labute approximate surface area is 107 Å². The fourth-order valence-corrected chi connectivity index (χ4v) is 1.02. The molecule has 0 unspecified atom stereocenters. The third kappa shape index (κ3) is 1.71. The second-order valence-corrected chi connectivity index (χ2v) is 2.25. The molecule has 0 N–H and O–H groups in total. The molecule has 0 aliphatic rings.